The van der Waals surface area contributed by atoms with Crippen LogP contribution < -0.4 is 10.5 Å². The van der Waals surface area contributed by atoms with E-state index in [4.69, 9.17) is 27.4 Å². The van der Waals surface area contributed by atoms with Crippen molar-refractivity contribution in [1.82, 2.24) is 0 Å². The summed E-state index contributed by atoms with van der Waals surface area (Å²) >= 11 is 5.01. The molecule has 0 atom stereocenters. The van der Waals surface area contributed by atoms with E-state index in [0.717, 1.165) is 24.3 Å². The van der Waals surface area contributed by atoms with Gasteiger partial charge in [-0.05, 0) is 25.0 Å². The van der Waals surface area contributed by atoms with E-state index in [0.29, 0.717) is 17.7 Å². The highest BCUT2D eigenvalue weighted by atomic mass is 32.1. The molecule has 0 heterocycles. The maximum atomic E-state index is 5.87. The van der Waals surface area contributed by atoms with Crippen molar-refractivity contribution >= 4 is 17.2 Å². The van der Waals surface area contributed by atoms with Crippen LogP contribution in [0.4, 0.5) is 0 Å². The minimum Gasteiger partial charge on any atom is -0.493 e. The number of benzene rings is 1. The van der Waals surface area contributed by atoms with Gasteiger partial charge in [0, 0.05) is 6.42 Å². The summed E-state index contributed by atoms with van der Waals surface area (Å²) in [6.07, 6.45) is 7.76. The summed E-state index contributed by atoms with van der Waals surface area (Å²) in [7, 11) is 0. The van der Waals surface area contributed by atoms with Crippen LogP contribution >= 0.6 is 12.2 Å². The molecule has 0 aliphatic heterocycles. The molecule has 0 spiro atoms. The van der Waals surface area contributed by atoms with Crippen LogP contribution in [0.25, 0.3) is 0 Å². The van der Waals surface area contributed by atoms with Crippen molar-refractivity contribution in [1.29, 1.82) is 0 Å². The molecule has 0 aromatic heterocycles. The maximum Gasteiger partial charge on any atom is 0.129 e. The van der Waals surface area contributed by atoms with E-state index in [1.807, 2.05) is 24.3 Å². The molecule has 0 bridgehead atoms. The Kier molecular flexibility index (Phi) is 6.27. The van der Waals surface area contributed by atoms with Gasteiger partial charge in [0.1, 0.15) is 10.7 Å². The number of ether oxygens (including phenoxy) is 2. The lowest BCUT2D eigenvalue weighted by Gasteiger charge is -2.22. The summed E-state index contributed by atoms with van der Waals surface area (Å²) in [5.41, 5.74) is 6.47. The number of nitrogens with two attached hydrogens (primary N) is 1. The second-order valence-electron chi connectivity index (χ2n) is 5.19. The third-order valence-electron chi connectivity index (χ3n) is 3.60. The average molecular weight is 293 g/mol. The van der Waals surface area contributed by atoms with E-state index in [9.17, 15) is 0 Å². The van der Waals surface area contributed by atoms with Crippen LogP contribution in [0.2, 0.25) is 0 Å². The molecule has 110 valence electrons. The van der Waals surface area contributed by atoms with Crippen molar-refractivity contribution in [3.05, 3.63) is 29.8 Å². The molecular weight excluding hydrogens is 270 g/mol. The van der Waals surface area contributed by atoms with Crippen molar-refractivity contribution in [3.63, 3.8) is 0 Å². The van der Waals surface area contributed by atoms with Crippen LogP contribution in [-0.4, -0.2) is 24.3 Å². The van der Waals surface area contributed by atoms with Gasteiger partial charge in [-0.3, -0.25) is 0 Å². The summed E-state index contributed by atoms with van der Waals surface area (Å²) in [5, 5.41) is 0. The van der Waals surface area contributed by atoms with Crippen LogP contribution in [0.1, 0.15) is 44.1 Å². The molecule has 20 heavy (non-hydrogen) atoms. The molecule has 1 aromatic rings. The molecule has 1 aliphatic carbocycles. The number of para-hydroxylation sites is 1. The maximum absolute atomic E-state index is 5.87. The predicted molar refractivity (Wildman–Crippen MR) is 85.3 cm³/mol. The number of thiocarbonyl (C=S) groups is 1. The zero-order valence-electron chi connectivity index (χ0n) is 11.8. The number of hydrogen-bond donors (Lipinski definition) is 1. The van der Waals surface area contributed by atoms with E-state index in [2.05, 4.69) is 0 Å². The summed E-state index contributed by atoms with van der Waals surface area (Å²) in [4.78, 5) is 0.374. The predicted octanol–water partition coefficient (Wildman–Crippen LogP) is 3.44. The third-order valence-corrected chi connectivity index (χ3v) is 3.82. The molecule has 0 saturated heterocycles. The van der Waals surface area contributed by atoms with Crippen molar-refractivity contribution in [2.75, 3.05) is 13.2 Å². The molecule has 0 amide bonds. The lowest BCUT2D eigenvalue weighted by Crippen LogP contribution is -2.18. The van der Waals surface area contributed by atoms with E-state index >= 15 is 0 Å². The fraction of sp³-hybridized carbons (Fsp3) is 0.562. The van der Waals surface area contributed by atoms with Crippen LogP contribution in [0.3, 0.4) is 0 Å². The first kappa shape index (κ1) is 15.3. The van der Waals surface area contributed by atoms with Crippen LogP contribution in [0.15, 0.2) is 24.3 Å². The number of hydrogen-bond acceptors (Lipinski definition) is 3. The first-order valence-corrected chi connectivity index (χ1v) is 7.81. The minimum absolute atomic E-state index is 0.374. The molecular formula is C16H23NO2S. The molecule has 2 N–H and O–H groups in total. The lowest BCUT2D eigenvalue weighted by atomic mass is 9.98. The Labute approximate surface area is 126 Å². The summed E-state index contributed by atoms with van der Waals surface area (Å²) in [6, 6.07) is 7.62. The van der Waals surface area contributed by atoms with Gasteiger partial charge in [-0.1, -0.05) is 43.6 Å². The fourth-order valence-corrected chi connectivity index (χ4v) is 2.69. The second-order valence-corrected chi connectivity index (χ2v) is 5.63. The van der Waals surface area contributed by atoms with E-state index in [-0.39, 0.29) is 0 Å². The van der Waals surface area contributed by atoms with Crippen molar-refractivity contribution < 1.29 is 9.47 Å². The Morgan fingerprint density at radius 1 is 1.15 bits per heavy atom. The lowest BCUT2D eigenvalue weighted by molar-refractivity contribution is 0.0226. The van der Waals surface area contributed by atoms with Gasteiger partial charge in [0.15, 0.2) is 0 Å². The van der Waals surface area contributed by atoms with Gasteiger partial charge < -0.3 is 15.2 Å². The summed E-state index contributed by atoms with van der Waals surface area (Å²) < 4.78 is 11.6. The van der Waals surface area contributed by atoms with Crippen LogP contribution in [-0.2, 0) is 4.74 Å². The third kappa shape index (κ3) is 4.76. The molecule has 1 aliphatic rings. The highest BCUT2D eigenvalue weighted by molar-refractivity contribution is 7.80. The van der Waals surface area contributed by atoms with Gasteiger partial charge in [0.2, 0.25) is 0 Å². The normalized spacial score (nSPS) is 16.0. The van der Waals surface area contributed by atoms with Crippen LogP contribution in [0, 0.1) is 0 Å². The Morgan fingerprint density at radius 2 is 1.90 bits per heavy atom. The van der Waals surface area contributed by atoms with Gasteiger partial charge in [-0.25, -0.2) is 0 Å². The summed E-state index contributed by atoms with van der Waals surface area (Å²) in [5.74, 6) is 0.762. The smallest absolute Gasteiger partial charge is 0.129 e. The average Bonchev–Trinajstić information content (AvgIpc) is 2.48. The molecule has 2 rings (SSSR count). The molecule has 1 saturated carbocycles. The molecule has 0 radical (unpaired) electrons. The van der Waals surface area contributed by atoms with Crippen molar-refractivity contribution in [3.8, 4) is 5.75 Å². The standard InChI is InChI=1S/C16H23NO2S/c17-16(20)14-9-4-5-10-15(14)19-12-6-11-18-13-7-2-1-3-8-13/h4-5,9-10,13H,1-3,6-8,11-12H2,(H2,17,20). The zero-order valence-corrected chi connectivity index (χ0v) is 12.7. The Balaban J connectivity index is 1.67. The van der Waals surface area contributed by atoms with Gasteiger partial charge in [-0.15, -0.1) is 0 Å². The molecule has 4 heteroatoms. The molecule has 1 aromatic carbocycles. The van der Waals surface area contributed by atoms with Crippen LogP contribution in [0.5, 0.6) is 5.75 Å². The molecule has 1 fully saturated rings. The number of rotatable bonds is 7. The highest BCUT2D eigenvalue weighted by Gasteiger charge is 2.13. The Bertz CT molecular complexity index is 430. The second kappa shape index (κ2) is 8.22. The minimum atomic E-state index is 0.374. The van der Waals surface area contributed by atoms with E-state index in [1.54, 1.807) is 0 Å². The first-order chi connectivity index (χ1) is 9.77. The molecule has 3 nitrogen and oxygen atoms in total. The molecule has 0 unspecified atom stereocenters. The van der Waals surface area contributed by atoms with Crippen molar-refractivity contribution in [2.24, 2.45) is 5.73 Å². The Morgan fingerprint density at radius 3 is 2.65 bits per heavy atom. The quantitative estimate of drug-likeness (QED) is 0.618. The topological polar surface area (TPSA) is 44.5 Å². The van der Waals surface area contributed by atoms with Gasteiger partial charge in [0.25, 0.3) is 0 Å². The largest absolute Gasteiger partial charge is 0.493 e. The van der Waals surface area contributed by atoms with E-state index in [1.165, 1.54) is 32.1 Å². The monoisotopic (exact) mass is 293 g/mol. The van der Waals surface area contributed by atoms with Gasteiger partial charge >= 0.3 is 0 Å². The van der Waals surface area contributed by atoms with Crippen molar-refractivity contribution in [2.45, 2.75) is 44.6 Å². The first-order valence-electron chi connectivity index (χ1n) is 7.40. The van der Waals surface area contributed by atoms with Gasteiger partial charge in [0.05, 0.1) is 24.9 Å². The van der Waals surface area contributed by atoms with Gasteiger partial charge in [-0.2, -0.15) is 0 Å². The zero-order chi connectivity index (χ0) is 14.2. The summed E-state index contributed by atoms with van der Waals surface area (Å²) in [6.45, 7) is 1.40. The SMILES string of the molecule is NC(=S)c1ccccc1OCCCOC1CCCCC1. The van der Waals surface area contributed by atoms with E-state index < -0.39 is 0 Å². The highest BCUT2D eigenvalue weighted by Crippen LogP contribution is 2.21. The Hall–Kier alpha value is -1.13. The fourth-order valence-electron chi connectivity index (χ4n) is 2.52.